The molecule has 5 heteroatoms. The Morgan fingerprint density at radius 2 is 2.05 bits per heavy atom. The van der Waals surface area contributed by atoms with Crippen LogP contribution in [0.3, 0.4) is 0 Å². The molecule has 0 saturated carbocycles. The van der Waals surface area contributed by atoms with E-state index in [1.807, 2.05) is 23.6 Å². The van der Waals surface area contributed by atoms with Crippen LogP contribution in [0, 0.1) is 0 Å². The molecular formula is C16H10BrClO2S. The maximum atomic E-state index is 12.8. The molecule has 0 unspecified atom stereocenters. The van der Waals surface area contributed by atoms with Crippen LogP contribution >= 0.6 is 38.9 Å². The summed E-state index contributed by atoms with van der Waals surface area (Å²) >= 11 is 11.1. The Bertz CT molecular complexity index is 841. The lowest BCUT2D eigenvalue weighted by atomic mass is 10.0. The second-order valence-electron chi connectivity index (χ2n) is 4.44. The second-order valence-corrected chi connectivity index (χ2v) is 6.61. The van der Waals surface area contributed by atoms with Crippen molar-refractivity contribution in [1.82, 2.24) is 0 Å². The average molecular weight is 382 g/mol. The molecule has 2 aromatic carbocycles. The van der Waals surface area contributed by atoms with Gasteiger partial charge in [-0.05, 0) is 40.2 Å². The number of thiophene rings is 1. The first-order chi connectivity index (χ1) is 10.1. The molecule has 0 bridgehead atoms. The number of methoxy groups -OCH3 is 1. The maximum Gasteiger partial charge on any atom is 0.198 e. The molecular weight excluding hydrogens is 372 g/mol. The van der Waals surface area contributed by atoms with Gasteiger partial charge in [-0.3, -0.25) is 4.79 Å². The van der Waals surface area contributed by atoms with E-state index in [-0.39, 0.29) is 5.78 Å². The van der Waals surface area contributed by atoms with Crippen LogP contribution in [0.15, 0.2) is 46.3 Å². The van der Waals surface area contributed by atoms with Gasteiger partial charge in [0.05, 0.1) is 12.7 Å². The predicted octanol–water partition coefficient (Wildman–Crippen LogP) is 5.56. The van der Waals surface area contributed by atoms with Crippen LogP contribution in [0.2, 0.25) is 5.02 Å². The summed E-state index contributed by atoms with van der Waals surface area (Å²) in [7, 11) is 1.54. The number of halogens is 2. The Hall–Kier alpha value is -1.36. The summed E-state index contributed by atoms with van der Waals surface area (Å²) < 4.78 is 7.32. The predicted molar refractivity (Wildman–Crippen MR) is 91.0 cm³/mol. The van der Waals surface area contributed by atoms with Gasteiger partial charge < -0.3 is 4.74 Å². The highest BCUT2D eigenvalue weighted by molar-refractivity contribution is 9.10. The Balaban J connectivity index is 2.17. The third kappa shape index (κ3) is 2.59. The fraction of sp³-hybridized carbons (Fsp3) is 0.0625. The molecule has 0 aliphatic rings. The smallest absolute Gasteiger partial charge is 0.198 e. The average Bonchev–Trinajstić information content (AvgIpc) is 2.92. The Labute approximate surface area is 139 Å². The van der Waals surface area contributed by atoms with Crippen LogP contribution in [0.4, 0.5) is 0 Å². The van der Waals surface area contributed by atoms with E-state index >= 15 is 0 Å². The summed E-state index contributed by atoms with van der Waals surface area (Å²) in [6.07, 6.45) is 0. The van der Waals surface area contributed by atoms with E-state index in [9.17, 15) is 4.79 Å². The van der Waals surface area contributed by atoms with Crippen LogP contribution in [0.25, 0.3) is 10.1 Å². The van der Waals surface area contributed by atoms with E-state index in [4.69, 9.17) is 16.3 Å². The molecule has 0 N–H and O–H groups in total. The Morgan fingerprint density at radius 3 is 2.81 bits per heavy atom. The number of ketones is 1. The van der Waals surface area contributed by atoms with Gasteiger partial charge in [-0.25, -0.2) is 0 Å². The number of fused-ring (bicyclic) bond motifs is 1. The number of hydrogen-bond acceptors (Lipinski definition) is 3. The summed E-state index contributed by atoms with van der Waals surface area (Å²) in [5.41, 5.74) is 1.14. The monoisotopic (exact) mass is 380 g/mol. The first-order valence-corrected chi connectivity index (χ1v) is 8.21. The normalized spacial score (nSPS) is 10.8. The molecule has 3 aromatic rings. The lowest BCUT2D eigenvalue weighted by Gasteiger charge is -2.07. The van der Waals surface area contributed by atoms with Crippen LogP contribution in [-0.2, 0) is 0 Å². The lowest BCUT2D eigenvalue weighted by molar-refractivity contribution is 0.103. The second kappa shape index (κ2) is 5.79. The van der Waals surface area contributed by atoms with Crippen molar-refractivity contribution in [3.63, 3.8) is 0 Å². The number of carbonyl (C=O) groups excluding carboxylic acids is 1. The quantitative estimate of drug-likeness (QED) is 0.555. The van der Waals surface area contributed by atoms with E-state index in [2.05, 4.69) is 15.9 Å². The fourth-order valence-electron chi connectivity index (χ4n) is 2.20. The molecule has 106 valence electrons. The van der Waals surface area contributed by atoms with Gasteiger partial charge in [0.15, 0.2) is 5.78 Å². The lowest BCUT2D eigenvalue weighted by Crippen LogP contribution is -2.03. The zero-order valence-electron chi connectivity index (χ0n) is 11.0. The van der Waals surface area contributed by atoms with Crippen LogP contribution in [0.1, 0.15) is 15.9 Å². The van der Waals surface area contributed by atoms with Gasteiger partial charge >= 0.3 is 0 Å². The van der Waals surface area contributed by atoms with E-state index in [1.54, 1.807) is 25.3 Å². The number of ether oxygens (including phenoxy) is 1. The number of benzene rings is 2. The van der Waals surface area contributed by atoms with Crippen LogP contribution in [0.5, 0.6) is 5.75 Å². The number of carbonyl (C=O) groups is 1. The van der Waals surface area contributed by atoms with Crippen molar-refractivity contribution in [3.8, 4) is 5.75 Å². The van der Waals surface area contributed by atoms with Crippen molar-refractivity contribution >= 4 is 54.7 Å². The third-order valence-electron chi connectivity index (χ3n) is 3.20. The molecule has 0 radical (unpaired) electrons. The highest BCUT2D eigenvalue weighted by Gasteiger charge is 2.19. The maximum absolute atomic E-state index is 12.8. The molecule has 0 saturated heterocycles. The minimum atomic E-state index is -0.0845. The van der Waals surface area contributed by atoms with Gasteiger partial charge in [-0.15, -0.1) is 11.3 Å². The van der Waals surface area contributed by atoms with Gasteiger partial charge in [0, 0.05) is 30.5 Å². The van der Waals surface area contributed by atoms with Gasteiger partial charge in [-0.1, -0.05) is 23.7 Å². The minimum absolute atomic E-state index is 0.0845. The molecule has 0 aliphatic heterocycles. The standard InChI is InChI=1S/C16H10BrClO2S/c1-20-14-6-5-9(18)7-11(14)15(19)12-8-21-16-10(12)3-2-4-13(16)17/h2-8H,1H3. The fourth-order valence-corrected chi connectivity index (χ4v) is 3.97. The van der Waals surface area contributed by atoms with Crippen molar-refractivity contribution in [1.29, 1.82) is 0 Å². The molecule has 0 fully saturated rings. The largest absolute Gasteiger partial charge is 0.496 e. The van der Waals surface area contributed by atoms with Gasteiger partial charge in [0.1, 0.15) is 5.75 Å². The Morgan fingerprint density at radius 1 is 1.24 bits per heavy atom. The van der Waals surface area contributed by atoms with E-state index in [0.29, 0.717) is 21.9 Å². The first-order valence-electron chi connectivity index (χ1n) is 6.16. The van der Waals surface area contributed by atoms with Gasteiger partial charge in [-0.2, -0.15) is 0 Å². The first kappa shape index (κ1) is 14.6. The highest BCUT2D eigenvalue weighted by atomic mass is 79.9. The molecule has 0 spiro atoms. The Kier molecular flexibility index (Phi) is 4.02. The zero-order chi connectivity index (χ0) is 15.0. The summed E-state index contributed by atoms with van der Waals surface area (Å²) in [5, 5.41) is 3.32. The number of hydrogen-bond donors (Lipinski definition) is 0. The summed E-state index contributed by atoms with van der Waals surface area (Å²) in [6.45, 7) is 0. The highest BCUT2D eigenvalue weighted by Crippen LogP contribution is 2.35. The number of rotatable bonds is 3. The SMILES string of the molecule is COc1ccc(Cl)cc1C(=O)c1csc2c(Br)cccc12. The molecule has 0 amide bonds. The van der Waals surface area contributed by atoms with Gasteiger partial charge in [0.2, 0.25) is 0 Å². The van der Waals surface area contributed by atoms with Crippen molar-refractivity contribution in [3.05, 3.63) is 62.4 Å². The third-order valence-corrected chi connectivity index (χ3v) is 5.39. The molecule has 21 heavy (non-hydrogen) atoms. The van der Waals surface area contributed by atoms with E-state index < -0.39 is 0 Å². The topological polar surface area (TPSA) is 26.3 Å². The molecule has 2 nitrogen and oxygen atoms in total. The summed E-state index contributed by atoms with van der Waals surface area (Å²) in [5.74, 6) is 0.442. The van der Waals surface area contributed by atoms with Gasteiger partial charge in [0.25, 0.3) is 0 Å². The molecule has 0 aliphatic carbocycles. The summed E-state index contributed by atoms with van der Waals surface area (Å²) in [6, 6.07) is 10.9. The van der Waals surface area contributed by atoms with E-state index in [1.165, 1.54) is 11.3 Å². The molecule has 3 rings (SSSR count). The van der Waals surface area contributed by atoms with Crippen molar-refractivity contribution in [2.24, 2.45) is 0 Å². The minimum Gasteiger partial charge on any atom is -0.496 e. The van der Waals surface area contributed by atoms with Crippen molar-refractivity contribution in [2.75, 3.05) is 7.11 Å². The van der Waals surface area contributed by atoms with Crippen LogP contribution in [-0.4, -0.2) is 12.9 Å². The molecule has 1 heterocycles. The van der Waals surface area contributed by atoms with E-state index in [0.717, 1.165) is 14.6 Å². The molecule has 0 atom stereocenters. The van der Waals surface area contributed by atoms with Crippen molar-refractivity contribution < 1.29 is 9.53 Å². The van der Waals surface area contributed by atoms with Crippen molar-refractivity contribution in [2.45, 2.75) is 0 Å². The zero-order valence-corrected chi connectivity index (χ0v) is 14.2. The molecule has 1 aromatic heterocycles. The summed E-state index contributed by atoms with van der Waals surface area (Å²) in [4.78, 5) is 12.8. The van der Waals surface area contributed by atoms with Crippen LogP contribution < -0.4 is 4.74 Å².